The number of nitrogens with one attached hydrogen (secondary N) is 1. The number of nitrogen functional groups attached to an aromatic ring is 1. The van der Waals surface area contributed by atoms with E-state index in [2.05, 4.69) is 23.7 Å². The van der Waals surface area contributed by atoms with Gasteiger partial charge in [0.05, 0.1) is 6.61 Å². The highest BCUT2D eigenvalue weighted by Gasteiger charge is 2.17. The molecule has 0 aromatic carbocycles. The molecule has 0 aliphatic rings. The van der Waals surface area contributed by atoms with Gasteiger partial charge < -0.3 is 15.7 Å². The van der Waals surface area contributed by atoms with Crippen molar-refractivity contribution in [3.05, 3.63) is 23.4 Å². The van der Waals surface area contributed by atoms with E-state index in [-0.39, 0.29) is 12.4 Å². The lowest BCUT2D eigenvalue weighted by Crippen LogP contribution is -2.37. The van der Waals surface area contributed by atoms with Crippen molar-refractivity contribution in [3.8, 4) is 0 Å². The van der Waals surface area contributed by atoms with E-state index < -0.39 is 0 Å². The predicted octanol–water partition coefficient (Wildman–Crippen LogP) is 1.66. The normalized spacial score (nSPS) is 10.8. The fourth-order valence-corrected chi connectivity index (χ4v) is 2.28. The lowest BCUT2D eigenvalue weighted by atomic mass is 10.1. The molecule has 0 amide bonds. The maximum atomic E-state index is 9.25. The van der Waals surface area contributed by atoms with Crippen LogP contribution in [0.4, 0.5) is 5.82 Å². The lowest BCUT2D eigenvalue weighted by molar-refractivity contribution is 0.295. The number of hydrogen-bond acceptors (Lipinski definition) is 4. The standard InChI is InChI=1S/C14H24N4O/c1-4-12(5-2)18(6-7-19)13-9-11(14(15)16)8-10(3)17-13/h8-9,12,19H,4-7H2,1-3H3,(H3,15,16). The highest BCUT2D eigenvalue weighted by Crippen LogP contribution is 2.20. The van der Waals surface area contributed by atoms with Crippen LogP contribution in [0.2, 0.25) is 0 Å². The number of aryl methyl sites for hydroxylation is 1. The summed E-state index contributed by atoms with van der Waals surface area (Å²) in [5.74, 6) is 0.827. The molecular weight excluding hydrogens is 240 g/mol. The van der Waals surface area contributed by atoms with Gasteiger partial charge in [0.1, 0.15) is 11.7 Å². The molecule has 0 atom stereocenters. The number of aromatic nitrogens is 1. The molecule has 0 aliphatic carbocycles. The molecule has 0 unspecified atom stereocenters. The summed E-state index contributed by atoms with van der Waals surface area (Å²) in [6.07, 6.45) is 1.98. The van der Waals surface area contributed by atoms with E-state index in [4.69, 9.17) is 11.1 Å². The zero-order valence-corrected chi connectivity index (χ0v) is 12.0. The van der Waals surface area contributed by atoms with Crippen LogP contribution in [-0.2, 0) is 0 Å². The summed E-state index contributed by atoms with van der Waals surface area (Å²) in [6.45, 7) is 6.77. The summed E-state index contributed by atoms with van der Waals surface area (Å²) in [5, 5.41) is 16.8. The quantitative estimate of drug-likeness (QED) is 0.516. The molecule has 0 fully saturated rings. The summed E-state index contributed by atoms with van der Waals surface area (Å²) in [6, 6.07) is 3.96. The number of rotatable bonds is 7. The molecule has 0 aliphatic heterocycles. The second-order valence-electron chi connectivity index (χ2n) is 4.66. The molecule has 5 nitrogen and oxygen atoms in total. The third-order valence-corrected chi connectivity index (χ3v) is 3.27. The van der Waals surface area contributed by atoms with Crippen LogP contribution in [0.3, 0.4) is 0 Å². The van der Waals surface area contributed by atoms with Gasteiger partial charge in [-0.15, -0.1) is 0 Å². The highest BCUT2D eigenvalue weighted by molar-refractivity contribution is 5.95. The van der Waals surface area contributed by atoms with Crippen LogP contribution in [0.5, 0.6) is 0 Å². The molecule has 0 saturated carbocycles. The minimum absolute atomic E-state index is 0.0419. The molecular formula is C14H24N4O. The Balaban J connectivity index is 3.17. The van der Waals surface area contributed by atoms with Crippen LogP contribution < -0.4 is 10.6 Å². The zero-order chi connectivity index (χ0) is 14.4. The third-order valence-electron chi connectivity index (χ3n) is 3.27. The highest BCUT2D eigenvalue weighted by atomic mass is 16.3. The summed E-state index contributed by atoms with van der Waals surface area (Å²) in [7, 11) is 0. The molecule has 19 heavy (non-hydrogen) atoms. The van der Waals surface area contributed by atoms with Gasteiger partial charge in [0, 0.05) is 23.8 Å². The van der Waals surface area contributed by atoms with E-state index in [1.807, 2.05) is 13.0 Å². The summed E-state index contributed by atoms with van der Waals surface area (Å²) < 4.78 is 0. The number of pyridine rings is 1. The second kappa shape index (κ2) is 7.09. The van der Waals surface area contributed by atoms with Crippen LogP contribution in [0, 0.1) is 12.3 Å². The number of amidine groups is 1. The molecule has 1 aromatic rings. The van der Waals surface area contributed by atoms with Crippen LogP contribution in [-0.4, -0.2) is 35.1 Å². The Kier molecular flexibility index (Phi) is 5.76. The third kappa shape index (κ3) is 3.92. The first kappa shape index (κ1) is 15.4. The Labute approximate surface area is 115 Å². The Morgan fingerprint density at radius 1 is 1.42 bits per heavy atom. The van der Waals surface area contributed by atoms with Gasteiger partial charge in [-0.1, -0.05) is 13.8 Å². The Bertz CT molecular complexity index is 429. The van der Waals surface area contributed by atoms with Crippen LogP contribution in [0.25, 0.3) is 0 Å². The van der Waals surface area contributed by atoms with E-state index in [1.54, 1.807) is 6.07 Å². The first-order chi connectivity index (χ1) is 9.03. The molecule has 0 radical (unpaired) electrons. The molecule has 1 rings (SSSR count). The van der Waals surface area contributed by atoms with Gasteiger partial charge in [-0.3, -0.25) is 5.41 Å². The van der Waals surface area contributed by atoms with E-state index in [0.29, 0.717) is 18.2 Å². The molecule has 5 heteroatoms. The smallest absolute Gasteiger partial charge is 0.129 e. The predicted molar refractivity (Wildman–Crippen MR) is 78.8 cm³/mol. The average Bonchev–Trinajstić information content (AvgIpc) is 2.38. The van der Waals surface area contributed by atoms with Gasteiger partial charge in [-0.05, 0) is 31.9 Å². The second-order valence-corrected chi connectivity index (χ2v) is 4.66. The Morgan fingerprint density at radius 3 is 2.53 bits per heavy atom. The minimum Gasteiger partial charge on any atom is -0.395 e. The Morgan fingerprint density at radius 2 is 2.05 bits per heavy atom. The minimum atomic E-state index is 0.0419. The van der Waals surface area contributed by atoms with Crippen molar-refractivity contribution < 1.29 is 5.11 Å². The number of hydrogen-bond donors (Lipinski definition) is 3. The maximum absolute atomic E-state index is 9.25. The molecule has 4 N–H and O–H groups in total. The van der Waals surface area contributed by atoms with Crippen molar-refractivity contribution in [1.29, 1.82) is 5.41 Å². The van der Waals surface area contributed by atoms with Gasteiger partial charge in [0.2, 0.25) is 0 Å². The van der Waals surface area contributed by atoms with Crippen molar-refractivity contribution in [2.45, 2.75) is 39.7 Å². The summed E-state index contributed by atoms with van der Waals surface area (Å²) in [5.41, 5.74) is 7.06. The largest absolute Gasteiger partial charge is 0.395 e. The molecule has 1 aromatic heterocycles. The van der Waals surface area contributed by atoms with E-state index in [0.717, 1.165) is 24.4 Å². The van der Waals surface area contributed by atoms with Gasteiger partial charge in [-0.2, -0.15) is 0 Å². The fraction of sp³-hybridized carbons (Fsp3) is 0.571. The lowest BCUT2D eigenvalue weighted by Gasteiger charge is -2.31. The zero-order valence-electron chi connectivity index (χ0n) is 12.0. The average molecular weight is 264 g/mol. The number of anilines is 1. The molecule has 0 spiro atoms. The number of nitrogens with two attached hydrogens (primary N) is 1. The van der Waals surface area contributed by atoms with Crippen LogP contribution in [0.15, 0.2) is 12.1 Å². The number of aliphatic hydroxyl groups is 1. The van der Waals surface area contributed by atoms with E-state index >= 15 is 0 Å². The first-order valence-corrected chi connectivity index (χ1v) is 6.74. The van der Waals surface area contributed by atoms with Crippen molar-refractivity contribution in [3.63, 3.8) is 0 Å². The van der Waals surface area contributed by atoms with Crippen LogP contribution in [0.1, 0.15) is 37.9 Å². The SMILES string of the molecule is CCC(CC)N(CCO)c1cc(C(=N)N)cc(C)n1. The molecule has 106 valence electrons. The van der Waals surface area contributed by atoms with Crippen molar-refractivity contribution >= 4 is 11.7 Å². The monoisotopic (exact) mass is 264 g/mol. The van der Waals surface area contributed by atoms with Crippen LogP contribution >= 0.6 is 0 Å². The van der Waals surface area contributed by atoms with Crippen molar-refractivity contribution in [1.82, 2.24) is 4.98 Å². The number of aliphatic hydroxyl groups excluding tert-OH is 1. The van der Waals surface area contributed by atoms with Gasteiger partial charge >= 0.3 is 0 Å². The van der Waals surface area contributed by atoms with Crippen molar-refractivity contribution in [2.24, 2.45) is 5.73 Å². The van der Waals surface area contributed by atoms with E-state index in [1.165, 1.54) is 0 Å². The maximum Gasteiger partial charge on any atom is 0.129 e. The topological polar surface area (TPSA) is 86.2 Å². The Hall–Kier alpha value is -1.62. The van der Waals surface area contributed by atoms with Crippen molar-refractivity contribution in [2.75, 3.05) is 18.1 Å². The molecule has 1 heterocycles. The van der Waals surface area contributed by atoms with Gasteiger partial charge in [0.25, 0.3) is 0 Å². The van der Waals surface area contributed by atoms with Gasteiger partial charge in [-0.25, -0.2) is 4.98 Å². The molecule has 0 saturated heterocycles. The van der Waals surface area contributed by atoms with E-state index in [9.17, 15) is 5.11 Å². The summed E-state index contributed by atoms with van der Waals surface area (Å²) >= 11 is 0. The fourth-order valence-electron chi connectivity index (χ4n) is 2.28. The number of nitrogens with zero attached hydrogens (tertiary/aromatic N) is 2. The first-order valence-electron chi connectivity index (χ1n) is 6.74. The summed E-state index contributed by atoms with van der Waals surface area (Å²) in [4.78, 5) is 6.61. The molecule has 0 bridgehead atoms. The van der Waals surface area contributed by atoms with Gasteiger partial charge in [0.15, 0.2) is 0 Å².